The molecule has 0 bridgehead atoms. The minimum atomic E-state index is 0.0527. The van der Waals surface area contributed by atoms with Crippen LogP contribution < -0.4 is 0 Å². The van der Waals surface area contributed by atoms with Gasteiger partial charge >= 0.3 is 5.97 Å². The SMILES string of the molecule is O=C1O[C@@H]2CCCCCC[C@@H]12. The Morgan fingerprint density at radius 2 is 1.82 bits per heavy atom. The minimum Gasteiger partial charge on any atom is -0.461 e. The van der Waals surface area contributed by atoms with Gasteiger partial charge in [-0.1, -0.05) is 19.3 Å². The first kappa shape index (κ1) is 7.14. The van der Waals surface area contributed by atoms with Crippen molar-refractivity contribution in [2.45, 2.75) is 44.6 Å². The molecule has 0 aromatic rings. The summed E-state index contributed by atoms with van der Waals surface area (Å²) in [5.41, 5.74) is 0. The van der Waals surface area contributed by atoms with Gasteiger partial charge in [-0.05, 0) is 19.3 Å². The first-order chi connectivity index (χ1) is 5.38. The van der Waals surface area contributed by atoms with E-state index < -0.39 is 0 Å². The number of fused-ring (bicyclic) bond motifs is 1. The molecule has 1 saturated heterocycles. The molecule has 1 aliphatic carbocycles. The summed E-state index contributed by atoms with van der Waals surface area (Å²) in [5.74, 6) is 0.326. The Morgan fingerprint density at radius 1 is 1.09 bits per heavy atom. The van der Waals surface area contributed by atoms with Crippen molar-refractivity contribution in [1.82, 2.24) is 0 Å². The number of rotatable bonds is 0. The number of carbonyl (C=O) groups excluding carboxylic acids is 1. The number of hydrogen-bond donors (Lipinski definition) is 0. The third kappa shape index (κ3) is 1.26. The van der Waals surface area contributed by atoms with E-state index >= 15 is 0 Å². The summed E-state index contributed by atoms with van der Waals surface area (Å²) in [4.78, 5) is 10.9. The number of carbonyl (C=O) groups is 1. The fourth-order valence-corrected chi connectivity index (χ4v) is 2.03. The normalized spacial score (nSPS) is 37.6. The zero-order chi connectivity index (χ0) is 7.68. The van der Waals surface area contributed by atoms with Crippen LogP contribution in [0.3, 0.4) is 0 Å². The molecule has 2 heteroatoms. The van der Waals surface area contributed by atoms with Gasteiger partial charge in [0.1, 0.15) is 6.10 Å². The molecule has 2 fully saturated rings. The number of esters is 1. The molecule has 0 aromatic carbocycles. The van der Waals surface area contributed by atoms with Crippen LogP contribution in [0.1, 0.15) is 38.5 Å². The lowest BCUT2D eigenvalue weighted by molar-refractivity contribution is -0.186. The van der Waals surface area contributed by atoms with E-state index in [9.17, 15) is 4.79 Å². The first-order valence-electron chi connectivity index (χ1n) is 4.58. The molecule has 0 radical (unpaired) electrons. The summed E-state index contributed by atoms with van der Waals surface area (Å²) in [6.07, 6.45) is 7.56. The Balaban J connectivity index is 1.92. The monoisotopic (exact) mass is 154 g/mol. The van der Waals surface area contributed by atoms with Crippen molar-refractivity contribution in [2.75, 3.05) is 0 Å². The van der Waals surface area contributed by atoms with Gasteiger partial charge in [-0.3, -0.25) is 4.79 Å². The molecule has 0 N–H and O–H groups in total. The molecule has 1 saturated carbocycles. The maximum Gasteiger partial charge on any atom is 0.313 e. The molecule has 0 amide bonds. The smallest absolute Gasteiger partial charge is 0.313 e. The third-order valence-electron chi connectivity index (χ3n) is 2.77. The van der Waals surface area contributed by atoms with Gasteiger partial charge in [0.05, 0.1) is 5.92 Å². The zero-order valence-corrected chi connectivity index (χ0v) is 6.71. The topological polar surface area (TPSA) is 26.3 Å². The first-order valence-corrected chi connectivity index (χ1v) is 4.58. The van der Waals surface area contributed by atoms with Crippen LogP contribution in [0.2, 0.25) is 0 Å². The molecule has 62 valence electrons. The fraction of sp³-hybridized carbons (Fsp3) is 0.889. The van der Waals surface area contributed by atoms with Gasteiger partial charge in [0.2, 0.25) is 0 Å². The zero-order valence-electron chi connectivity index (χ0n) is 6.71. The average molecular weight is 154 g/mol. The van der Waals surface area contributed by atoms with Gasteiger partial charge < -0.3 is 4.74 Å². The van der Waals surface area contributed by atoms with Crippen molar-refractivity contribution < 1.29 is 9.53 Å². The average Bonchev–Trinajstić information content (AvgIpc) is 1.96. The van der Waals surface area contributed by atoms with Gasteiger partial charge in [0, 0.05) is 0 Å². The molecule has 1 aliphatic heterocycles. The van der Waals surface area contributed by atoms with Crippen molar-refractivity contribution in [3.8, 4) is 0 Å². The van der Waals surface area contributed by atoms with E-state index in [2.05, 4.69) is 0 Å². The van der Waals surface area contributed by atoms with Gasteiger partial charge in [0.15, 0.2) is 0 Å². The maximum atomic E-state index is 10.9. The molecular weight excluding hydrogens is 140 g/mol. The Morgan fingerprint density at radius 3 is 2.55 bits per heavy atom. The van der Waals surface area contributed by atoms with Crippen LogP contribution in [0.4, 0.5) is 0 Å². The molecule has 11 heavy (non-hydrogen) atoms. The molecule has 2 atom stereocenters. The van der Waals surface area contributed by atoms with Crippen LogP contribution in [0, 0.1) is 5.92 Å². The molecule has 2 rings (SSSR count). The third-order valence-corrected chi connectivity index (χ3v) is 2.77. The highest BCUT2D eigenvalue weighted by atomic mass is 16.6. The molecule has 2 aliphatic rings. The molecule has 0 unspecified atom stereocenters. The molecule has 2 nitrogen and oxygen atoms in total. The van der Waals surface area contributed by atoms with Gasteiger partial charge in [-0.25, -0.2) is 0 Å². The second-order valence-corrected chi connectivity index (χ2v) is 3.57. The van der Waals surface area contributed by atoms with Gasteiger partial charge in [-0.2, -0.15) is 0 Å². The van der Waals surface area contributed by atoms with Gasteiger partial charge in [0.25, 0.3) is 0 Å². The maximum absolute atomic E-state index is 10.9. The lowest BCUT2D eigenvalue weighted by Crippen LogP contribution is -2.45. The molecule has 1 heterocycles. The Labute approximate surface area is 66.9 Å². The van der Waals surface area contributed by atoms with E-state index in [1.54, 1.807) is 0 Å². The molecule has 0 spiro atoms. The van der Waals surface area contributed by atoms with E-state index in [4.69, 9.17) is 4.74 Å². The Hall–Kier alpha value is -0.530. The largest absolute Gasteiger partial charge is 0.461 e. The van der Waals surface area contributed by atoms with E-state index in [1.807, 2.05) is 0 Å². The number of ether oxygens (including phenoxy) is 1. The van der Waals surface area contributed by atoms with Crippen molar-refractivity contribution in [3.05, 3.63) is 0 Å². The van der Waals surface area contributed by atoms with Crippen LogP contribution in [0.15, 0.2) is 0 Å². The van der Waals surface area contributed by atoms with Crippen LogP contribution in [-0.2, 0) is 9.53 Å². The highest BCUT2D eigenvalue weighted by Crippen LogP contribution is 2.33. The van der Waals surface area contributed by atoms with Crippen LogP contribution >= 0.6 is 0 Å². The lowest BCUT2D eigenvalue weighted by atomic mass is 9.85. The summed E-state index contributed by atoms with van der Waals surface area (Å²) in [7, 11) is 0. The highest BCUT2D eigenvalue weighted by Gasteiger charge is 2.41. The van der Waals surface area contributed by atoms with Crippen molar-refractivity contribution >= 4 is 5.97 Å². The second kappa shape index (κ2) is 2.84. The summed E-state index contributed by atoms with van der Waals surface area (Å²) in [6.45, 7) is 0. The minimum absolute atomic E-state index is 0.0527. The predicted molar refractivity (Wildman–Crippen MR) is 41.1 cm³/mol. The van der Waals surface area contributed by atoms with Crippen LogP contribution in [0.25, 0.3) is 0 Å². The second-order valence-electron chi connectivity index (χ2n) is 3.57. The van der Waals surface area contributed by atoms with Crippen molar-refractivity contribution in [3.63, 3.8) is 0 Å². The summed E-state index contributed by atoms with van der Waals surface area (Å²) < 4.78 is 5.04. The highest BCUT2D eigenvalue weighted by molar-refractivity contribution is 5.78. The molecular formula is C9H14O2. The fourth-order valence-electron chi connectivity index (χ4n) is 2.03. The molecule has 0 aromatic heterocycles. The van der Waals surface area contributed by atoms with Crippen molar-refractivity contribution in [2.24, 2.45) is 5.92 Å². The van der Waals surface area contributed by atoms with Gasteiger partial charge in [-0.15, -0.1) is 0 Å². The standard InChI is InChI=1S/C9H14O2/c10-9-7-5-3-1-2-4-6-8(7)11-9/h7-8H,1-6H2/t7-,8-/m1/s1. The van der Waals surface area contributed by atoms with Crippen molar-refractivity contribution in [1.29, 1.82) is 0 Å². The predicted octanol–water partition coefficient (Wildman–Crippen LogP) is 1.88. The lowest BCUT2D eigenvalue weighted by Gasteiger charge is -2.36. The van der Waals surface area contributed by atoms with E-state index in [1.165, 1.54) is 25.7 Å². The summed E-state index contributed by atoms with van der Waals surface area (Å²) >= 11 is 0. The Bertz CT molecular complexity index is 165. The van der Waals surface area contributed by atoms with E-state index in [0.29, 0.717) is 6.10 Å². The quantitative estimate of drug-likeness (QED) is 0.498. The number of hydrogen-bond acceptors (Lipinski definition) is 2. The van der Waals surface area contributed by atoms with Crippen LogP contribution in [0.5, 0.6) is 0 Å². The summed E-state index contributed by atoms with van der Waals surface area (Å²) in [5, 5.41) is 0. The summed E-state index contributed by atoms with van der Waals surface area (Å²) in [6, 6.07) is 0. The van der Waals surface area contributed by atoms with Crippen LogP contribution in [-0.4, -0.2) is 12.1 Å². The Kier molecular flexibility index (Phi) is 1.84. The van der Waals surface area contributed by atoms with E-state index in [0.717, 1.165) is 12.8 Å². The van der Waals surface area contributed by atoms with E-state index in [-0.39, 0.29) is 11.9 Å².